The highest BCUT2D eigenvalue weighted by atomic mass is 16.2. The van der Waals surface area contributed by atoms with Gasteiger partial charge in [0.05, 0.1) is 6.07 Å². The van der Waals surface area contributed by atoms with E-state index in [2.05, 4.69) is 0 Å². The molecule has 2 N–H and O–H groups in total. The molecule has 1 fully saturated rings. The number of rotatable bonds is 2. The molecule has 0 aliphatic carbocycles. The molecule has 1 aromatic carbocycles. The molecule has 2 rings (SSSR count). The van der Waals surface area contributed by atoms with Crippen molar-refractivity contribution in [2.45, 2.75) is 6.42 Å². The number of piperazine rings is 1. The average Bonchev–Trinajstić information content (AvgIpc) is 2.48. The molecule has 20 heavy (non-hydrogen) atoms. The molecule has 1 heterocycles. The van der Waals surface area contributed by atoms with Gasteiger partial charge in [0, 0.05) is 37.4 Å². The van der Waals surface area contributed by atoms with Crippen LogP contribution in [0.4, 0.5) is 5.69 Å². The molecule has 1 aliphatic heterocycles. The Kier molecular flexibility index (Phi) is 4.20. The van der Waals surface area contributed by atoms with Gasteiger partial charge in [-0.05, 0) is 24.3 Å². The zero-order chi connectivity index (χ0) is 14.5. The summed E-state index contributed by atoms with van der Waals surface area (Å²) in [5.74, 6) is -0.232. The Morgan fingerprint density at radius 1 is 1.10 bits per heavy atom. The van der Waals surface area contributed by atoms with E-state index >= 15 is 0 Å². The Bertz CT molecular complexity index is 539. The van der Waals surface area contributed by atoms with Crippen LogP contribution in [-0.2, 0) is 4.79 Å². The zero-order valence-corrected chi connectivity index (χ0v) is 11.1. The van der Waals surface area contributed by atoms with Crippen molar-refractivity contribution >= 4 is 17.5 Å². The smallest absolute Gasteiger partial charge is 0.253 e. The fraction of sp³-hybridized carbons (Fsp3) is 0.357. The summed E-state index contributed by atoms with van der Waals surface area (Å²) >= 11 is 0. The third-order valence-corrected chi connectivity index (χ3v) is 3.31. The Balaban J connectivity index is 1.94. The van der Waals surface area contributed by atoms with Crippen molar-refractivity contribution in [3.05, 3.63) is 29.8 Å². The summed E-state index contributed by atoms with van der Waals surface area (Å²) in [6, 6.07) is 8.63. The number of nitrogen functional groups attached to an aromatic ring is 1. The summed E-state index contributed by atoms with van der Waals surface area (Å²) in [5, 5.41) is 8.51. The molecule has 1 aromatic rings. The molecular formula is C14H16N4O2. The van der Waals surface area contributed by atoms with Crippen molar-refractivity contribution in [2.24, 2.45) is 0 Å². The van der Waals surface area contributed by atoms with Crippen LogP contribution in [-0.4, -0.2) is 47.8 Å². The maximum absolute atomic E-state index is 12.2. The summed E-state index contributed by atoms with van der Waals surface area (Å²) in [4.78, 5) is 27.1. The van der Waals surface area contributed by atoms with Crippen LogP contribution in [0, 0.1) is 11.3 Å². The van der Waals surface area contributed by atoms with Gasteiger partial charge < -0.3 is 15.5 Å². The van der Waals surface area contributed by atoms with Crippen LogP contribution in [0.3, 0.4) is 0 Å². The predicted octanol–water partition coefficient (Wildman–Crippen LogP) is 0.467. The maximum Gasteiger partial charge on any atom is 0.253 e. The van der Waals surface area contributed by atoms with Gasteiger partial charge in [-0.3, -0.25) is 9.59 Å². The Labute approximate surface area is 117 Å². The predicted molar refractivity (Wildman–Crippen MR) is 73.6 cm³/mol. The molecule has 0 saturated carbocycles. The highest BCUT2D eigenvalue weighted by Crippen LogP contribution is 2.11. The molecule has 0 atom stereocenters. The van der Waals surface area contributed by atoms with E-state index in [0.717, 1.165) is 0 Å². The molecule has 1 aliphatic rings. The maximum atomic E-state index is 12.2. The molecular weight excluding hydrogens is 256 g/mol. The van der Waals surface area contributed by atoms with Gasteiger partial charge in [-0.1, -0.05) is 0 Å². The fourth-order valence-corrected chi connectivity index (χ4v) is 2.15. The van der Waals surface area contributed by atoms with Gasteiger partial charge in [-0.25, -0.2) is 0 Å². The van der Waals surface area contributed by atoms with Gasteiger partial charge in [0.1, 0.15) is 6.42 Å². The van der Waals surface area contributed by atoms with E-state index in [4.69, 9.17) is 11.0 Å². The van der Waals surface area contributed by atoms with E-state index in [1.165, 1.54) is 0 Å². The molecule has 6 nitrogen and oxygen atoms in total. The van der Waals surface area contributed by atoms with Crippen molar-refractivity contribution in [3.63, 3.8) is 0 Å². The topological polar surface area (TPSA) is 90.4 Å². The Morgan fingerprint density at radius 2 is 1.65 bits per heavy atom. The van der Waals surface area contributed by atoms with Crippen LogP contribution in [0.25, 0.3) is 0 Å². The van der Waals surface area contributed by atoms with Crippen molar-refractivity contribution in [2.75, 3.05) is 31.9 Å². The minimum absolute atomic E-state index is 0.0580. The van der Waals surface area contributed by atoms with Crippen LogP contribution >= 0.6 is 0 Å². The normalized spacial score (nSPS) is 14.8. The number of carbonyl (C=O) groups excluding carboxylic acids is 2. The molecule has 2 amide bonds. The minimum Gasteiger partial charge on any atom is -0.399 e. The number of nitriles is 1. The summed E-state index contributed by atoms with van der Waals surface area (Å²) < 4.78 is 0. The minimum atomic E-state index is -0.174. The molecule has 104 valence electrons. The number of benzene rings is 1. The lowest BCUT2D eigenvalue weighted by molar-refractivity contribution is -0.131. The standard InChI is InChI=1S/C14H16N4O2/c15-6-5-13(19)17-7-9-18(10-8-17)14(20)11-1-3-12(16)4-2-11/h1-4H,5,7-10,16H2. The lowest BCUT2D eigenvalue weighted by Crippen LogP contribution is -2.50. The molecule has 6 heteroatoms. The van der Waals surface area contributed by atoms with Crippen LogP contribution in [0.5, 0.6) is 0 Å². The first-order chi connectivity index (χ1) is 9.61. The van der Waals surface area contributed by atoms with Gasteiger partial charge in [-0.2, -0.15) is 5.26 Å². The quantitative estimate of drug-likeness (QED) is 0.792. The number of hydrogen-bond acceptors (Lipinski definition) is 4. The summed E-state index contributed by atoms with van der Waals surface area (Å²) in [7, 11) is 0. The van der Waals surface area contributed by atoms with Gasteiger partial charge in [0.25, 0.3) is 5.91 Å². The van der Waals surface area contributed by atoms with Crippen LogP contribution in [0.1, 0.15) is 16.8 Å². The van der Waals surface area contributed by atoms with Crippen molar-refractivity contribution in [1.29, 1.82) is 5.26 Å². The van der Waals surface area contributed by atoms with Gasteiger partial charge in [0.15, 0.2) is 0 Å². The van der Waals surface area contributed by atoms with Gasteiger partial charge in [-0.15, -0.1) is 0 Å². The van der Waals surface area contributed by atoms with Gasteiger partial charge in [0.2, 0.25) is 5.91 Å². The number of hydrogen-bond donors (Lipinski definition) is 1. The van der Waals surface area contributed by atoms with Crippen LogP contribution in [0.2, 0.25) is 0 Å². The number of nitrogens with zero attached hydrogens (tertiary/aromatic N) is 3. The average molecular weight is 272 g/mol. The highest BCUT2D eigenvalue weighted by molar-refractivity contribution is 5.94. The Hall–Kier alpha value is -2.55. The molecule has 0 bridgehead atoms. The molecule has 0 aromatic heterocycles. The Morgan fingerprint density at radius 3 is 2.20 bits per heavy atom. The molecule has 0 radical (unpaired) electrons. The van der Waals surface area contributed by atoms with E-state index in [1.807, 2.05) is 6.07 Å². The number of anilines is 1. The zero-order valence-electron chi connectivity index (χ0n) is 11.1. The first-order valence-electron chi connectivity index (χ1n) is 6.41. The van der Waals surface area contributed by atoms with E-state index < -0.39 is 0 Å². The lowest BCUT2D eigenvalue weighted by Gasteiger charge is -2.34. The second-order valence-corrected chi connectivity index (χ2v) is 4.63. The highest BCUT2D eigenvalue weighted by Gasteiger charge is 2.24. The summed E-state index contributed by atoms with van der Waals surface area (Å²) in [6.45, 7) is 1.92. The summed E-state index contributed by atoms with van der Waals surface area (Å²) in [5.41, 5.74) is 6.80. The number of nitrogens with two attached hydrogens (primary N) is 1. The van der Waals surface area contributed by atoms with Crippen LogP contribution in [0.15, 0.2) is 24.3 Å². The SMILES string of the molecule is N#CCC(=O)N1CCN(C(=O)c2ccc(N)cc2)CC1. The third kappa shape index (κ3) is 3.06. The van der Waals surface area contributed by atoms with Crippen LogP contribution < -0.4 is 5.73 Å². The monoisotopic (exact) mass is 272 g/mol. The molecule has 0 unspecified atom stereocenters. The second kappa shape index (κ2) is 6.06. The first-order valence-corrected chi connectivity index (χ1v) is 6.41. The largest absolute Gasteiger partial charge is 0.399 e. The second-order valence-electron chi connectivity index (χ2n) is 4.63. The third-order valence-electron chi connectivity index (χ3n) is 3.31. The number of amides is 2. The van der Waals surface area contributed by atoms with E-state index in [9.17, 15) is 9.59 Å². The summed E-state index contributed by atoms with van der Waals surface area (Å²) in [6.07, 6.45) is -0.105. The first kappa shape index (κ1) is 13.9. The van der Waals surface area contributed by atoms with Gasteiger partial charge >= 0.3 is 0 Å². The van der Waals surface area contributed by atoms with E-state index in [1.54, 1.807) is 34.1 Å². The molecule has 1 saturated heterocycles. The van der Waals surface area contributed by atoms with Crippen molar-refractivity contribution in [3.8, 4) is 6.07 Å². The molecule has 0 spiro atoms. The van der Waals surface area contributed by atoms with Crippen molar-refractivity contribution < 1.29 is 9.59 Å². The lowest BCUT2D eigenvalue weighted by atomic mass is 10.1. The van der Waals surface area contributed by atoms with E-state index in [0.29, 0.717) is 37.4 Å². The van der Waals surface area contributed by atoms with Crippen molar-refractivity contribution in [1.82, 2.24) is 9.80 Å². The number of carbonyl (C=O) groups is 2. The fourth-order valence-electron chi connectivity index (χ4n) is 2.15. The van der Waals surface area contributed by atoms with E-state index in [-0.39, 0.29) is 18.2 Å².